The molecule has 0 fully saturated rings. The summed E-state index contributed by atoms with van der Waals surface area (Å²) in [6.45, 7) is 0.635. The summed E-state index contributed by atoms with van der Waals surface area (Å²) in [6.07, 6.45) is -1.19. The van der Waals surface area contributed by atoms with Crippen LogP contribution in [0.5, 0.6) is 0 Å². The largest absolute Gasteiger partial charge is 0.452 e. The molecule has 0 spiro atoms. The molecule has 28 heavy (non-hydrogen) atoms. The second kappa shape index (κ2) is 9.38. The summed E-state index contributed by atoms with van der Waals surface area (Å²) in [5.41, 5.74) is 0.644. The highest BCUT2D eigenvalue weighted by Crippen LogP contribution is 2.12. The third-order valence-electron chi connectivity index (χ3n) is 3.59. The predicted molar refractivity (Wildman–Crippen MR) is 95.4 cm³/mol. The molecule has 0 saturated heterocycles. The van der Waals surface area contributed by atoms with E-state index in [-0.39, 0.29) is 6.54 Å². The second-order valence-electron chi connectivity index (χ2n) is 5.73. The van der Waals surface area contributed by atoms with E-state index >= 15 is 0 Å². The molecule has 0 radical (unpaired) electrons. The average Bonchev–Trinajstić information content (AvgIpc) is 2.66. The molecule has 2 N–H and O–H groups in total. The molecule has 0 saturated carbocycles. The van der Waals surface area contributed by atoms with Crippen molar-refractivity contribution in [3.8, 4) is 0 Å². The van der Waals surface area contributed by atoms with Gasteiger partial charge in [-0.1, -0.05) is 24.3 Å². The summed E-state index contributed by atoms with van der Waals surface area (Å²) < 4.78 is 57.1. The van der Waals surface area contributed by atoms with Gasteiger partial charge in [-0.25, -0.2) is 17.2 Å². The fourth-order valence-electron chi connectivity index (χ4n) is 2.12. The van der Waals surface area contributed by atoms with Crippen molar-refractivity contribution in [2.45, 2.75) is 24.5 Å². The number of carbonyl (C=O) groups excluding carboxylic acids is 2. The normalized spacial score (nSPS) is 12.2. The number of carbonyl (C=O) groups is 2. The predicted octanol–water partition coefficient (Wildman–Crippen LogP) is 1.49. The Bertz CT molecular complexity index is 949. The van der Waals surface area contributed by atoms with E-state index in [1.165, 1.54) is 43.3 Å². The first-order valence-corrected chi connectivity index (χ1v) is 9.63. The summed E-state index contributed by atoms with van der Waals surface area (Å²) >= 11 is 0. The highest BCUT2D eigenvalue weighted by Gasteiger charge is 2.22. The van der Waals surface area contributed by atoms with Gasteiger partial charge in [0, 0.05) is 6.54 Å². The van der Waals surface area contributed by atoms with Crippen LogP contribution in [0.3, 0.4) is 0 Å². The maximum atomic E-state index is 13.6. The van der Waals surface area contributed by atoms with Gasteiger partial charge >= 0.3 is 5.97 Å². The Labute approximate surface area is 160 Å². The first-order valence-electron chi connectivity index (χ1n) is 8.15. The van der Waals surface area contributed by atoms with Crippen molar-refractivity contribution in [1.82, 2.24) is 10.0 Å². The zero-order valence-corrected chi connectivity index (χ0v) is 15.6. The third kappa shape index (κ3) is 6.10. The van der Waals surface area contributed by atoms with E-state index < -0.39 is 51.1 Å². The van der Waals surface area contributed by atoms with Crippen LogP contribution < -0.4 is 10.0 Å². The number of sulfonamides is 1. The van der Waals surface area contributed by atoms with Gasteiger partial charge in [0.1, 0.15) is 23.1 Å². The van der Waals surface area contributed by atoms with Crippen LogP contribution in [0.4, 0.5) is 8.78 Å². The summed E-state index contributed by atoms with van der Waals surface area (Å²) in [6, 6.07) is 10.2. The van der Waals surface area contributed by atoms with Gasteiger partial charge in [0.2, 0.25) is 10.0 Å². The minimum Gasteiger partial charge on any atom is -0.452 e. The van der Waals surface area contributed by atoms with Crippen molar-refractivity contribution in [2.24, 2.45) is 0 Å². The van der Waals surface area contributed by atoms with E-state index in [4.69, 9.17) is 4.74 Å². The van der Waals surface area contributed by atoms with E-state index in [2.05, 4.69) is 5.32 Å². The molecule has 7 nitrogen and oxygen atoms in total. The lowest BCUT2D eigenvalue weighted by molar-refractivity contribution is -0.153. The Hall–Kier alpha value is -2.85. The minimum atomic E-state index is -4.25. The smallest absolute Gasteiger partial charge is 0.321 e. The van der Waals surface area contributed by atoms with Crippen LogP contribution >= 0.6 is 0 Å². The van der Waals surface area contributed by atoms with E-state index in [0.29, 0.717) is 5.56 Å². The van der Waals surface area contributed by atoms with Crippen LogP contribution in [0.15, 0.2) is 53.4 Å². The number of ether oxygens (including phenoxy) is 1. The lowest BCUT2D eigenvalue weighted by atomic mass is 10.2. The molecule has 1 amide bonds. The molecular formula is C18H18F2N2O5S. The molecule has 1 atom stereocenters. The second-order valence-corrected chi connectivity index (χ2v) is 7.47. The Balaban J connectivity index is 1.82. The molecule has 0 aromatic heterocycles. The Kier molecular flexibility index (Phi) is 7.18. The number of esters is 1. The van der Waals surface area contributed by atoms with Gasteiger partial charge in [-0.15, -0.1) is 0 Å². The molecule has 2 aromatic carbocycles. The molecule has 10 heteroatoms. The number of rotatable bonds is 8. The third-order valence-corrected chi connectivity index (χ3v) is 5.02. The maximum absolute atomic E-state index is 13.6. The topological polar surface area (TPSA) is 102 Å². The summed E-state index contributed by atoms with van der Waals surface area (Å²) in [4.78, 5) is 23.1. The number of nitrogens with one attached hydrogen (secondary N) is 2. The van der Waals surface area contributed by atoms with Crippen molar-refractivity contribution in [3.05, 3.63) is 65.7 Å². The van der Waals surface area contributed by atoms with Crippen molar-refractivity contribution in [2.75, 3.05) is 6.54 Å². The first kappa shape index (κ1) is 21.5. The summed E-state index contributed by atoms with van der Waals surface area (Å²) in [7, 11) is -4.25. The minimum absolute atomic E-state index is 0.0981. The number of amides is 1. The molecule has 0 heterocycles. The fraction of sp³-hybridized carbons (Fsp3) is 0.222. The van der Waals surface area contributed by atoms with Crippen LogP contribution in [0.25, 0.3) is 0 Å². The van der Waals surface area contributed by atoms with Crippen molar-refractivity contribution < 1.29 is 31.5 Å². The quantitative estimate of drug-likeness (QED) is 0.640. The van der Waals surface area contributed by atoms with Gasteiger partial charge < -0.3 is 10.1 Å². The van der Waals surface area contributed by atoms with Crippen LogP contribution in [-0.2, 0) is 30.9 Å². The lowest BCUT2D eigenvalue weighted by Gasteiger charge is -2.14. The number of halogens is 2. The highest BCUT2D eigenvalue weighted by molar-refractivity contribution is 7.89. The van der Waals surface area contributed by atoms with Crippen LogP contribution in [0.2, 0.25) is 0 Å². The van der Waals surface area contributed by atoms with Gasteiger partial charge in [0.15, 0.2) is 6.10 Å². The maximum Gasteiger partial charge on any atom is 0.321 e. The van der Waals surface area contributed by atoms with E-state index in [0.717, 1.165) is 12.1 Å². The summed E-state index contributed by atoms with van der Waals surface area (Å²) in [5, 5.41) is 2.50. The molecule has 0 bridgehead atoms. The van der Waals surface area contributed by atoms with Crippen molar-refractivity contribution in [3.63, 3.8) is 0 Å². The molecule has 0 aliphatic rings. The number of hydrogen-bond acceptors (Lipinski definition) is 5. The van der Waals surface area contributed by atoms with Gasteiger partial charge in [0.25, 0.3) is 5.91 Å². The van der Waals surface area contributed by atoms with Crippen molar-refractivity contribution in [1.29, 1.82) is 0 Å². The molecule has 0 aliphatic carbocycles. The Morgan fingerprint density at radius 3 is 2.36 bits per heavy atom. The number of benzene rings is 2. The van der Waals surface area contributed by atoms with E-state index in [1.54, 1.807) is 0 Å². The van der Waals surface area contributed by atoms with Crippen LogP contribution in [-0.4, -0.2) is 32.9 Å². The number of hydrogen-bond donors (Lipinski definition) is 2. The molecular weight excluding hydrogens is 394 g/mol. The highest BCUT2D eigenvalue weighted by atomic mass is 32.2. The molecule has 2 aromatic rings. The zero-order valence-electron chi connectivity index (χ0n) is 14.8. The van der Waals surface area contributed by atoms with Crippen LogP contribution in [0, 0.1) is 11.6 Å². The molecule has 2 rings (SSSR count). The zero-order chi connectivity index (χ0) is 20.7. The first-order chi connectivity index (χ1) is 13.2. The van der Waals surface area contributed by atoms with E-state index in [9.17, 15) is 26.8 Å². The van der Waals surface area contributed by atoms with Crippen LogP contribution in [0.1, 0.15) is 12.5 Å². The average molecular weight is 412 g/mol. The monoisotopic (exact) mass is 412 g/mol. The van der Waals surface area contributed by atoms with Gasteiger partial charge in [0.05, 0.1) is 0 Å². The standard InChI is InChI=1S/C18H18F2N2O5S/c1-12(18(24)21-10-13-6-8-14(19)9-7-13)27-17(23)11-22-28(25,26)16-5-3-2-4-15(16)20/h2-9,12,22H,10-11H2,1H3,(H,21,24)/t12-/m1/s1. The van der Waals surface area contributed by atoms with Gasteiger partial charge in [-0.05, 0) is 36.8 Å². The Morgan fingerprint density at radius 2 is 1.71 bits per heavy atom. The molecule has 150 valence electrons. The Morgan fingerprint density at radius 1 is 1.07 bits per heavy atom. The lowest BCUT2D eigenvalue weighted by Crippen LogP contribution is -2.38. The van der Waals surface area contributed by atoms with Crippen molar-refractivity contribution >= 4 is 21.9 Å². The fourth-order valence-corrected chi connectivity index (χ4v) is 3.17. The SMILES string of the molecule is C[C@@H](OC(=O)CNS(=O)(=O)c1ccccc1F)C(=O)NCc1ccc(F)cc1. The van der Waals surface area contributed by atoms with Gasteiger partial charge in [-0.3, -0.25) is 9.59 Å². The summed E-state index contributed by atoms with van der Waals surface area (Å²) in [5.74, 6) is -2.99. The van der Waals surface area contributed by atoms with E-state index in [1.807, 2.05) is 4.72 Å². The van der Waals surface area contributed by atoms with Gasteiger partial charge in [-0.2, -0.15) is 4.72 Å². The molecule has 0 unspecified atom stereocenters. The molecule has 0 aliphatic heterocycles.